The van der Waals surface area contributed by atoms with Crippen molar-refractivity contribution in [2.24, 2.45) is 0 Å². The van der Waals surface area contributed by atoms with E-state index < -0.39 is 9.84 Å². The summed E-state index contributed by atoms with van der Waals surface area (Å²) in [5.41, 5.74) is 0. The van der Waals surface area contributed by atoms with E-state index in [-0.39, 0.29) is 4.90 Å². The van der Waals surface area contributed by atoms with Gasteiger partial charge in [-0.05, 0) is 6.07 Å². The number of aromatic nitrogens is 1. The molecule has 66 valence electrons. The molecule has 1 aromatic heterocycles. The van der Waals surface area contributed by atoms with Crippen LogP contribution in [0.5, 0.6) is 5.75 Å². The molecule has 1 heterocycles. The molecule has 0 aromatic carbocycles. The molecule has 0 unspecified atom stereocenters. The summed E-state index contributed by atoms with van der Waals surface area (Å²) in [6.45, 7) is 0. The van der Waals surface area contributed by atoms with Crippen molar-refractivity contribution in [2.75, 3.05) is 13.4 Å². The maximum absolute atomic E-state index is 11.1. The van der Waals surface area contributed by atoms with Crippen LogP contribution in [-0.4, -0.2) is 26.8 Å². The largest absolute Gasteiger partial charge is 0.495 e. The zero-order valence-electron chi connectivity index (χ0n) is 6.81. The number of hydrogen-bond acceptors (Lipinski definition) is 4. The summed E-state index contributed by atoms with van der Waals surface area (Å²) < 4.78 is 27.0. The summed E-state index contributed by atoms with van der Waals surface area (Å²) in [4.78, 5) is 3.82. The fourth-order valence-electron chi connectivity index (χ4n) is 0.814. The molecular formula is C7H9NO3S. The standard InChI is InChI=1S/C7H9NO3S/c1-11-6-3-4-8-5-7(6)12(2,9)10/h3-5H,1-2H3. The molecule has 0 saturated heterocycles. The molecule has 4 nitrogen and oxygen atoms in total. The van der Waals surface area contributed by atoms with E-state index in [9.17, 15) is 8.42 Å². The van der Waals surface area contributed by atoms with E-state index in [4.69, 9.17) is 4.74 Å². The van der Waals surface area contributed by atoms with Crippen molar-refractivity contribution in [3.8, 4) is 5.75 Å². The van der Waals surface area contributed by atoms with Crippen LogP contribution in [0.4, 0.5) is 0 Å². The molecular weight excluding hydrogens is 178 g/mol. The first-order valence-corrected chi connectivity index (χ1v) is 5.13. The molecule has 0 bridgehead atoms. The average Bonchev–Trinajstić information content (AvgIpc) is 2.03. The Morgan fingerprint density at radius 3 is 2.58 bits per heavy atom. The predicted molar refractivity (Wildman–Crippen MR) is 43.9 cm³/mol. The van der Waals surface area contributed by atoms with E-state index >= 15 is 0 Å². The number of nitrogens with zero attached hydrogens (tertiary/aromatic N) is 1. The van der Waals surface area contributed by atoms with Gasteiger partial charge in [0.2, 0.25) is 0 Å². The molecule has 0 spiro atoms. The number of methoxy groups -OCH3 is 1. The van der Waals surface area contributed by atoms with E-state index in [1.54, 1.807) is 0 Å². The average molecular weight is 187 g/mol. The smallest absolute Gasteiger partial charge is 0.180 e. The minimum atomic E-state index is -3.23. The fraction of sp³-hybridized carbons (Fsp3) is 0.286. The Morgan fingerprint density at radius 1 is 1.50 bits per heavy atom. The van der Waals surface area contributed by atoms with Gasteiger partial charge in [0.25, 0.3) is 0 Å². The topological polar surface area (TPSA) is 56.3 Å². The molecule has 1 rings (SSSR count). The highest BCUT2D eigenvalue weighted by molar-refractivity contribution is 7.90. The minimum absolute atomic E-state index is 0.118. The lowest BCUT2D eigenvalue weighted by Gasteiger charge is -2.03. The van der Waals surface area contributed by atoms with Crippen molar-refractivity contribution in [2.45, 2.75) is 4.90 Å². The van der Waals surface area contributed by atoms with E-state index in [1.165, 1.54) is 25.6 Å². The van der Waals surface area contributed by atoms with E-state index in [0.717, 1.165) is 6.26 Å². The van der Waals surface area contributed by atoms with Crippen molar-refractivity contribution in [1.29, 1.82) is 0 Å². The molecule has 0 atom stereocenters. The van der Waals surface area contributed by atoms with Crippen LogP contribution < -0.4 is 4.74 Å². The van der Waals surface area contributed by atoms with Gasteiger partial charge in [-0.15, -0.1) is 0 Å². The Labute approximate surface area is 71.1 Å². The summed E-state index contributed by atoms with van der Waals surface area (Å²) in [5, 5.41) is 0. The Morgan fingerprint density at radius 2 is 2.17 bits per heavy atom. The van der Waals surface area contributed by atoms with Crippen LogP contribution >= 0.6 is 0 Å². The zero-order chi connectivity index (χ0) is 9.19. The Hall–Kier alpha value is -1.10. The molecule has 1 aromatic rings. The number of sulfone groups is 1. The molecule has 0 aliphatic heterocycles. The first-order valence-electron chi connectivity index (χ1n) is 3.24. The van der Waals surface area contributed by atoms with Gasteiger partial charge in [-0.1, -0.05) is 0 Å². The van der Waals surface area contributed by atoms with Gasteiger partial charge in [-0.3, -0.25) is 4.98 Å². The maximum Gasteiger partial charge on any atom is 0.180 e. The molecule has 0 fully saturated rings. The second kappa shape index (κ2) is 3.10. The van der Waals surface area contributed by atoms with Crippen LogP contribution in [0.15, 0.2) is 23.4 Å². The molecule has 0 radical (unpaired) electrons. The molecule has 5 heteroatoms. The quantitative estimate of drug-likeness (QED) is 0.676. The van der Waals surface area contributed by atoms with Gasteiger partial charge in [0, 0.05) is 18.6 Å². The van der Waals surface area contributed by atoms with Gasteiger partial charge in [0.05, 0.1) is 7.11 Å². The van der Waals surface area contributed by atoms with Gasteiger partial charge < -0.3 is 4.74 Å². The van der Waals surface area contributed by atoms with E-state index in [0.29, 0.717) is 5.75 Å². The Bertz CT molecular complexity index is 372. The molecule has 0 aliphatic carbocycles. The van der Waals surface area contributed by atoms with Crippen molar-refractivity contribution in [3.63, 3.8) is 0 Å². The zero-order valence-corrected chi connectivity index (χ0v) is 7.63. The van der Waals surface area contributed by atoms with Crippen molar-refractivity contribution in [1.82, 2.24) is 4.98 Å². The SMILES string of the molecule is COc1ccncc1S(C)(=O)=O. The van der Waals surface area contributed by atoms with Gasteiger partial charge >= 0.3 is 0 Å². The van der Waals surface area contributed by atoms with Crippen LogP contribution in [-0.2, 0) is 9.84 Å². The van der Waals surface area contributed by atoms with E-state index in [1.807, 2.05) is 0 Å². The summed E-state index contributed by atoms with van der Waals surface area (Å²) in [6.07, 6.45) is 3.87. The molecule has 0 amide bonds. The first kappa shape index (κ1) is 8.99. The molecule has 0 aliphatic rings. The maximum atomic E-state index is 11.1. The molecule has 12 heavy (non-hydrogen) atoms. The van der Waals surface area contributed by atoms with Crippen molar-refractivity contribution >= 4 is 9.84 Å². The fourth-order valence-corrected chi connectivity index (χ4v) is 1.58. The lowest BCUT2D eigenvalue weighted by molar-refractivity contribution is 0.402. The second-order valence-corrected chi connectivity index (χ2v) is 4.28. The highest BCUT2D eigenvalue weighted by atomic mass is 32.2. The molecule has 0 N–H and O–H groups in total. The lowest BCUT2D eigenvalue weighted by atomic mass is 10.4. The minimum Gasteiger partial charge on any atom is -0.495 e. The van der Waals surface area contributed by atoms with Crippen molar-refractivity contribution in [3.05, 3.63) is 18.5 Å². The van der Waals surface area contributed by atoms with E-state index in [2.05, 4.69) is 4.98 Å². The molecule has 0 saturated carbocycles. The third kappa shape index (κ3) is 1.73. The summed E-state index contributed by atoms with van der Waals surface area (Å²) in [7, 11) is -1.81. The van der Waals surface area contributed by atoms with Gasteiger partial charge in [0.15, 0.2) is 9.84 Å². The lowest BCUT2D eigenvalue weighted by Crippen LogP contribution is -2.00. The highest BCUT2D eigenvalue weighted by Gasteiger charge is 2.12. The second-order valence-electron chi connectivity index (χ2n) is 2.30. The van der Waals surface area contributed by atoms with Crippen LogP contribution in [0.3, 0.4) is 0 Å². The summed E-state index contributed by atoms with van der Waals surface area (Å²) in [6, 6.07) is 1.51. The number of rotatable bonds is 2. The van der Waals surface area contributed by atoms with Crippen LogP contribution in [0.2, 0.25) is 0 Å². The Balaban J connectivity index is 3.33. The van der Waals surface area contributed by atoms with Crippen LogP contribution in [0.25, 0.3) is 0 Å². The van der Waals surface area contributed by atoms with Gasteiger partial charge in [0.1, 0.15) is 10.6 Å². The number of pyridine rings is 1. The van der Waals surface area contributed by atoms with Gasteiger partial charge in [-0.25, -0.2) is 8.42 Å². The third-order valence-electron chi connectivity index (χ3n) is 1.37. The summed E-state index contributed by atoms with van der Waals surface area (Å²) >= 11 is 0. The highest BCUT2D eigenvalue weighted by Crippen LogP contribution is 2.20. The monoisotopic (exact) mass is 187 g/mol. The predicted octanol–water partition coefficient (Wildman–Crippen LogP) is 0.494. The summed E-state index contributed by atoms with van der Waals surface area (Å²) in [5.74, 6) is 0.326. The number of hydrogen-bond donors (Lipinski definition) is 0. The number of ether oxygens (including phenoxy) is 1. The van der Waals surface area contributed by atoms with Crippen molar-refractivity contribution < 1.29 is 13.2 Å². The van der Waals surface area contributed by atoms with Gasteiger partial charge in [-0.2, -0.15) is 0 Å². The normalized spacial score (nSPS) is 11.2. The van der Waals surface area contributed by atoms with Crippen LogP contribution in [0, 0.1) is 0 Å². The first-order chi connectivity index (χ1) is 5.55. The third-order valence-corrected chi connectivity index (χ3v) is 2.47. The Kier molecular flexibility index (Phi) is 2.32. The van der Waals surface area contributed by atoms with Crippen LogP contribution in [0.1, 0.15) is 0 Å².